The molecule has 23 heavy (non-hydrogen) atoms. The van der Waals surface area contributed by atoms with E-state index < -0.39 is 0 Å². The van der Waals surface area contributed by atoms with Gasteiger partial charge >= 0.3 is 0 Å². The summed E-state index contributed by atoms with van der Waals surface area (Å²) in [5, 5.41) is 8.77. The van der Waals surface area contributed by atoms with Crippen LogP contribution >= 0.6 is 0 Å². The van der Waals surface area contributed by atoms with Gasteiger partial charge in [0.1, 0.15) is 0 Å². The van der Waals surface area contributed by atoms with E-state index in [0.717, 1.165) is 23.6 Å². The zero-order chi connectivity index (χ0) is 16.4. The van der Waals surface area contributed by atoms with E-state index in [2.05, 4.69) is 47.0 Å². The number of fused-ring (bicyclic) bond motifs is 1. The van der Waals surface area contributed by atoms with E-state index >= 15 is 0 Å². The fourth-order valence-corrected chi connectivity index (χ4v) is 3.47. The van der Waals surface area contributed by atoms with Crippen molar-refractivity contribution in [3.8, 4) is 0 Å². The molecule has 1 aromatic heterocycles. The van der Waals surface area contributed by atoms with Gasteiger partial charge in [0.25, 0.3) is 0 Å². The van der Waals surface area contributed by atoms with Crippen molar-refractivity contribution in [3.05, 3.63) is 41.7 Å². The van der Waals surface area contributed by atoms with Crippen LogP contribution in [0.3, 0.4) is 0 Å². The number of rotatable bonds is 4. The van der Waals surface area contributed by atoms with Gasteiger partial charge in [0, 0.05) is 41.1 Å². The molecule has 4 nitrogen and oxygen atoms in total. The molecule has 0 spiro atoms. The molecule has 1 saturated heterocycles. The van der Waals surface area contributed by atoms with Crippen LogP contribution in [-0.2, 0) is 6.54 Å². The Kier molecular flexibility index (Phi) is 4.53. The molecule has 4 heteroatoms. The van der Waals surface area contributed by atoms with Crippen molar-refractivity contribution in [1.29, 1.82) is 5.41 Å². The van der Waals surface area contributed by atoms with E-state index in [0.29, 0.717) is 5.70 Å². The van der Waals surface area contributed by atoms with Crippen molar-refractivity contribution in [3.63, 3.8) is 0 Å². The zero-order valence-corrected chi connectivity index (χ0v) is 14.0. The summed E-state index contributed by atoms with van der Waals surface area (Å²) in [6.07, 6.45) is 6.09. The fraction of sp³-hybridized carbons (Fsp3) is 0.421. The third-order valence-electron chi connectivity index (χ3n) is 4.94. The van der Waals surface area contributed by atoms with E-state index in [1.807, 2.05) is 6.92 Å². The summed E-state index contributed by atoms with van der Waals surface area (Å²) in [7, 11) is 2.21. The van der Waals surface area contributed by atoms with Crippen LogP contribution in [0.2, 0.25) is 0 Å². The van der Waals surface area contributed by atoms with E-state index in [9.17, 15) is 0 Å². The first-order chi connectivity index (χ1) is 11.1. The molecule has 1 aliphatic rings. The molecule has 0 saturated carbocycles. The van der Waals surface area contributed by atoms with Crippen LogP contribution in [0.5, 0.6) is 0 Å². The second kappa shape index (κ2) is 6.59. The Labute approximate surface area is 138 Å². The standard InChI is InChI=1S/C19H26N4/c1-14(21)18(12-20)16-3-4-19-17(11-16)7-10-23(19)13-15-5-8-22(2)9-6-15/h3-4,7,10-12,15,20H,5-6,8-9,13,21H2,1-2H3/b18-14+,20-12?. The van der Waals surface area contributed by atoms with Crippen molar-refractivity contribution >= 4 is 22.7 Å². The Morgan fingerprint density at radius 1 is 1.30 bits per heavy atom. The highest BCUT2D eigenvalue weighted by Gasteiger charge is 2.17. The van der Waals surface area contributed by atoms with Crippen LogP contribution in [0.1, 0.15) is 25.3 Å². The summed E-state index contributed by atoms with van der Waals surface area (Å²) in [6, 6.07) is 8.54. The van der Waals surface area contributed by atoms with Crippen molar-refractivity contribution in [2.45, 2.75) is 26.3 Å². The van der Waals surface area contributed by atoms with Gasteiger partial charge in [0.05, 0.1) is 0 Å². The molecule has 0 amide bonds. The van der Waals surface area contributed by atoms with E-state index in [-0.39, 0.29) is 0 Å². The Morgan fingerprint density at radius 3 is 2.70 bits per heavy atom. The Bertz CT molecular complexity index is 729. The number of nitrogens with one attached hydrogen (secondary N) is 1. The first-order valence-electron chi connectivity index (χ1n) is 8.33. The summed E-state index contributed by atoms with van der Waals surface area (Å²) in [5.41, 5.74) is 9.66. The van der Waals surface area contributed by atoms with Crippen LogP contribution in [0.25, 0.3) is 16.5 Å². The lowest BCUT2D eigenvalue weighted by Gasteiger charge is -2.29. The summed E-state index contributed by atoms with van der Waals surface area (Å²) >= 11 is 0. The molecule has 0 atom stereocenters. The third-order valence-corrected chi connectivity index (χ3v) is 4.94. The van der Waals surface area contributed by atoms with Crippen LogP contribution in [0.4, 0.5) is 0 Å². The van der Waals surface area contributed by atoms with Gasteiger partial charge in [-0.2, -0.15) is 0 Å². The smallest absolute Gasteiger partial charge is 0.0480 e. The predicted molar refractivity (Wildman–Crippen MR) is 97.7 cm³/mol. The van der Waals surface area contributed by atoms with Gasteiger partial charge in [-0.05, 0) is 69.6 Å². The molecule has 3 rings (SSSR count). The molecule has 1 aliphatic heterocycles. The van der Waals surface area contributed by atoms with Gasteiger partial charge in [-0.1, -0.05) is 6.07 Å². The SMILES string of the molecule is C/C(N)=C(/C=N)c1ccc2c(ccn2CC2CCN(C)CC2)c1. The minimum Gasteiger partial charge on any atom is -0.402 e. The lowest BCUT2D eigenvalue weighted by atomic mass is 9.97. The van der Waals surface area contributed by atoms with E-state index in [1.54, 1.807) is 0 Å². The summed E-state index contributed by atoms with van der Waals surface area (Å²) in [5.74, 6) is 0.768. The van der Waals surface area contributed by atoms with Gasteiger partial charge < -0.3 is 20.6 Å². The monoisotopic (exact) mass is 310 g/mol. The number of hydrogen-bond donors (Lipinski definition) is 2. The number of benzene rings is 1. The predicted octanol–water partition coefficient (Wildman–Crippen LogP) is 3.32. The van der Waals surface area contributed by atoms with Crippen molar-refractivity contribution < 1.29 is 0 Å². The molecule has 1 fully saturated rings. The van der Waals surface area contributed by atoms with Crippen LogP contribution in [0, 0.1) is 11.3 Å². The molecular weight excluding hydrogens is 284 g/mol. The maximum atomic E-state index is 7.56. The summed E-state index contributed by atoms with van der Waals surface area (Å²) in [4.78, 5) is 2.41. The second-order valence-corrected chi connectivity index (χ2v) is 6.73. The van der Waals surface area contributed by atoms with Gasteiger partial charge in [-0.25, -0.2) is 0 Å². The first kappa shape index (κ1) is 15.8. The normalized spacial score (nSPS) is 18.2. The lowest BCUT2D eigenvalue weighted by Crippen LogP contribution is -2.31. The average Bonchev–Trinajstić information content (AvgIpc) is 2.92. The highest BCUT2D eigenvalue weighted by atomic mass is 15.1. The molecule has 0 radical (unpaired) electrons. The Morgan fingerprint density at radius 2 is 2.04 bits per heavy atom. The molecule has 0 aliphatic carbocycles. The van der Waals surface area contributed by atoms with Crippen LogP contribution < -0.4 is 5.73 Å². The molecule has 2 aromatic rings. The topological polar surface area (TPSA) is 58.0 Å². The Hall–Kier alpha value is -2.07. The van der Waals surface area contributed by atoms with Gasteiger partial charge in [0.15, 0.2) is 0 Å². The van der Waals surface area contributed by atoms with E-state index in [1.165, 1.54) is 43.0 Å². The van der Waals surface area contributed by atoms with Crippen molar-refractivity contribution in [2.24, 2.45) is 11.7 Å². The molecule has 2 heterocycles. The number of likely N-dealkylation sites (tertiary alicyclic amines) is 1. The molecule has 0 bridgehead atoms. The fourth-order valence-electron chi connectivity index (χ4n) is 3.47. The van der Waals surface area contributed by atoms with Crippen LogP contribution in [-0.4, -0.2) is 35.8 Å². The number of nitrogens with two attached hydrogens (primary N) is 1. The lowest BCUT2D eigenvalue weighted by molar-refractivity contribution is 0.206. The number of nitrogens with zero attached hydrogens (tertiary/aromatic N) is 2. The van der Waals surface area contributed by atoms with Gasteiger partial charge in [-0.15, -0.1) is 0 Å². The number of piperidine rings is 1. The largest absolute Gasteiger partial charge is 0.402 e. The third kappa shape index (κ3) is 3.32. The molecule has 1 aromatic carbocycles. The highest BCUT2D eigenvalue weighted by Crippen LogP contribution is 2.25. The molecule has 3 N–H and O–H groups in total. The number of allylic oxidation sites excluding steroid dienone is 2. The van der Waals surface area contributed by atoms with Gasteiger partial charge in [-0.3, -0.25) is 0 Å². The maximum absolute atomic E-state index is 7.56. The molecule has 122 valence electrons. The number of hydrogen-bond acceptors (Lipinski definition) is 3. The Balaban J connectivity index is 1.84. The maximum Gasteiger partial charge on any atom is 0.0480 e. The average molecular weight is 310 g/mol. The highest BCUT2D eigenvalue weighted by molar-refractivity contribution is 6.10. The minimum absolute atomic E-state index is 0.685. The van der Waals surface area contributed by atoms with E-state index in [4.69, 9.17) is 11.1 Å². The summed E-state index contributed by atoms with van der Waals surface area (Å²) < 4.78 is 2.37. The molecular formula is C19H26N4. The molecule has 0 unspecified atom stereocenters. The number of aromatic nitrogens is 1. The zero-order valence-electron chi connectivity index (χ0n) is 14.0. The second-order valence-electron chi connectivity index (χ2n) is 6.73. The van der Waals surface area contributed by atoms with Crippen molar-refractivity contribution in [1.82, 2.24) is 9.47 Å². The van der Waals surface area contributed by atoms with Crippen LogP contribution in [0.15, 0.2) is 36.2 Å². The quantitative estimate of drug-likeness (QED) is 0.851. The summed E-state index contributed by atoms with van der Waals surface area (Å²) in [6.45, 7) is 5.35. The van der Waals surface area contributed by atoms with Crippen molar-refractivity contribution in [2.75, 3.05) is 20.1 Å². The minimum atomic E-state index is 0.685. The first-order valence-corrected chi connectivity index (χ1v) is 8.33. The van der Waals surface area contributed by atoms with Gasteiger partial charge in [0.2, 0.25) is 0 Å².